The van der Waals surface area contributed by atoms with Crippen molar-refractivity contribution in [3.05, 3.63) is 113 Å². The van der Waals surface area contributed by atoms with Crippen LogP contribution >= 0.6 is 11.6 Å². The largest absolute Gasteiger partial charge is 0.411 e. The summed E-state index contributed by atoms with van der Waals surface area (Å²) in [6.07, 6.45) is 14.2. The molecule has 1 aliphatic heterocycles. The van der Waals surface area contributed by atoms with Gasteiger partial charge >= 0.3 is 0 Å². The number of nitrogens with zero attached hydrogens (tertiary/aromatic N) is 5. The SMILES string of the molecule is C=C/C=C\C=C/C.Cc1ccc2c(c1)c(/C=N/O)c1n2CC(NC(=O)c2ccc(-n3cnc(C)n3)cc2Cl)CC1. The maximum atomic E-state index is 13.0. The molecule has 0 radical (unpaired) electrons. The number of fused-ring (bicyclic) bond motifs is 3. The van der Waals surface area contributed by atoms with Gasteiger partial charge in [-0.1, -0.05) is 65.3 Å². The first-order valence-electron chi connectivity index (χ1n) is 13.0. The molecule has 40 heavy (non-hydrogen) atoms. The quantitative estimate of drug-likeness (QED) is 0.125. The third kappa shape index (κ3) is 6.40. The van der Waals surface area contributed by atoms with Gasteiger partial charge in [0.15, 0.2) is 0 Å². The highest BCUT2D eigenvalue weighted by atomic mass is 35.5. The number of halogens is 1. The number of aromatic nitrogens is 4. The molecule has 9 heteroatoms. The van der Waals surface area contributed by atoms with E-state index in [2.05, 4.69) is 49.9 Å². The Bertz CT molecular complexity index is 1610. The number of carbonyl (C=O) groups excluding carboxylic acids is 1. The monoisotopic (exact) mass is 556 g/mol. The third-order valence-corrected chi connectivity index (χ3v) is 6.96. The zero-order valence-electron chi connectivity index (χ0n) is 22.9. The van der Waals surface area contributed by atoms with Crippen LogP contribution < -0.4 is 5.32 Å². The molecule has 0 saturated carbocycles. The first-order chi connectivity index (χ1) is 19.4. The lowest BCUT2D eigenvalue weighted by Gasteiger charge is -2.27. The summed E-state index contributed by atoms with van der Waals surface area (Å²) in [6.45, 7) is 9.97. The van der Waals surface area contributed by atoms with Crippen molar-refractivity contribution in [2.24, 2.45) is 5.16 Å². The molecule has 0 bridgehead atoms. The number of amides is 1. The molecule has 5 rings (SSSR count). The summed E-state index contributed by atoms with van der Waals surface area (Å²) in [7, 11) is 0. The minimum absolute atomic E-state index is 0.0467. The van der Waals surface area contributed by atoms with Gasteiger partial charge in [0.05, 0.1) is 22.5 Å². The Balaban J connectivity index is 0.000000470. The Kier molecular flexibility index (Phi) is 9.35. The van der Waals surface area contributed by atoms with Gasteiger partial charge in [-0.3, -0.25) is 4.79 Å². The van der Waals surface area contributed by atoms with E-state index in [0.29, 0.717) is 23.0 Å². The fourth-order valence-corrected chi connectivity index (χ4v) is 5.05. The number of allylic oxidation sites excluding steroid dienone is 5. The molecule has 0 saturated heterocycles. The van der Waals surface area contributed by atoms with Crippen molar-refractivity contribution in [2.45, 2.75) is 46.2 Å². The van der Waals surface area contributed by atoms with E-state index in [1.807, 2.05) is 45.1 Å². The van der Waals surface area contributed by atoms with E-state index in [4.69, 9.17) is 16.8 Å². The van der Waals surface area contributed by atoms with Gasteiger partial charge in [0, 0.05) is 34.7 Å². The number of carbonyl (C=O) groups is 1. The number of benzene rings is 2. The molecular formula is C31H33ClN6O2. The highest BCUT2D eigenvalue weighted by molar-refractivity contribution is 6.34. The maximum Gasteiger partial charge on any atom is 0.253 e. The van der Waals surface area contributed by atoms with Crippen molar-refractivity contribution in [3.63, 3.8) is 0 Å². The average molecular weight is 557 g/mol. The van der Waals surface area contributed by atoms with Crippen LogP contribution in [-0.4, -0.2) is 42.7 Å². The third-order valence-electron chi connectivity index (χ3n) is 6.64. The van der Waals surface area contributed by atoms with Crippen LogP contribution in [0.25, 0.3) is 16.6 Å². The van der Waals surface area contributed by atoms with Crippen molar-refractivity contribution >= 4 is 34.6 Å². The number of oxime groups is 1. The zero-order chi connectivity index (χ0) is 28.6. The Morgan fingerprint density at radius 2 is 2.02 bits per heavy atom. The number of hydrogen-bond donors (Lipinski definition) is 2. The topological polar surface area (TPSA) is 97.3 Å². The summed E-state index contributed by atoms with van der Waals surface area (Å²) in [5, 5.41) is 21.3. The molecule has 8 nitrogen and oxygen atoms in total. The highest BCUT2D eigenvalue weighted by Crippen LogP contribution is 2.31. The van der Waals surface area contributed by atoms with Gasteiger partial charge in [-0.05, 0) is 63.9 Å². The second kappa shape index (κ2) is 13.1. The number of aryl methyl sites for hydroxylation is 2. The Morgan fingerprint density at radius 1 is 1.20 bits per heavy atom. The van der Waals surface area contributed by atoms with Gasteiger partial charge in [0.25, 0.3) is 5.91 Å². The Hall–Kier alpha value is -4.43. The molecule has 1 unspecified atom stereocenters. The fourth-order valence-electron chi connectivity index (χ4n) is 4.79. The van der Waals surface area contributed by atoms with E-state index < -0.39 is 0 Å². The van der Waals surface area contributed by atoms with Gasteiger partial charge in [-0.15, -0.1) is 0 Å². The van der Waals surface area contributed by atoms with Crippen LogP contribution in [0.5, 0.6) is 0 Å². The summed E-state index contributed by atoms with van der Waals surface area (Å²) in [6, 6.07) is 11.4. The van der Waals surface area contributed by atoms with Crippen molar-refractivity contribution in [3.8, 4) is 5.69 Å². The van der Waals surface area contributed by atoms with Gasteiger partial charge in [-0.25, -0.2) is 9.67 Å². The number of nitrogens with one attached hydrogen (secondary N) is 1. The minimum Gasteiger partial charge on any atom is -0.411 e. The van der Waals surface area contributed by atoms with Crippen LogP contribution in [-0.2, 0) is 13.0 Å². The lowest BCUT2D eigenvalue weighted by molar-refractivity contribution is 0.0928. The summed E-state index contributed by atoms with van der Waals surface area (Å²) < 4.78 is 3.83. The van der Waals surface area contributed by atoms with E-state index in [1.54, 1.807) is 35.3 Å². The first kappa shape index (κ1) is 28.6. The summed E-state index contributed by atoms with van der Waals surface area (Å²) in [5.74, 6) is 0.449. The molecule has 3 heterocycles. The van der Waals surface area contributed by atoms with E-state index in [1.165, 1.54) is 6.21 Å². The first-order valence-corrected chi connectivity index (χ1v) is 13.4. The molecule has 2 aromatic carbocycles. The van der Waals surface area contributed by atoms with Crippen molar-refractivity contribution < 1.29 is 10.0 Å². The minimum atomic E-state index is -0.209. The number of hydrogen-bond acceptors (Lipinski definition) is 5. The van der Waals surface area contributed by atoms with Gasteiger partial charge in [0.2, 0.25) is 0 Å². The van der Waals surface area contributed by atoms with E-state index in [9.17, 15) is 4.79 Å². The smallest absolute Gasteiger partial charge is 0.253 e. The lowest BCUT2D eigenvalue weighted by atomic mass is 10.0. The van der Waals surface area contributed by atoms with Crippen LogP contribution in [0, 0.1) is 13.8 Å². The predicted molar refractivity (Wildman–Crippen MR) is 161 cm³/mol. The standard InChI is InChI=1S/C24H23ClN6O2.C7H10/c1-14-3-7-22-19(9-14)20(11-27-33)23-8-4-16(12-30(22)23)28-24(32)18-6-5-17(10-21(18)25)31-13-26-15(2)29-31;1-3-5-7-6-4-2/h3,5-7,9-11,13,16,33H,4,8,12H2,1-2H3,(H,28,32);3-7H,1H2,2H3/b27-11+;6-4-,7-5-. The average Bonchev–Trinajstić information content (AvgIpc) is 3.50. The second-order valence-electron chi connectivity index (χ2n) is 9.49. The normalized spacial score (nSPS) is 14.9. The maximum absolute atomic E-state index is 13.0. The van der Waals surface area contributed by atoms with Crippen molar-refractivity contribution in [1.29, 1.82) is 0 Å². The van der Waals surface area contributed by atoms with Crippen LogP contribution in [0.2, 0.25) is 5.02 Å². The predicted octanol–water partition coefficient (Wildman–Crippen LogP) is 6.35. The molecule has 0 spiro atoms. The molecule has 0 aliphatic carbocycles. The molecule has 1 atom stereocenters. The second-order valence-corrected chi connectivity index (χ2v) is 9.90. The molecule has 0 fully saturated rings. The number of rotatable bonds is 6. The highest BCUT2D eigenvalue weighted by Gasteiger charge is 2.26. The molecule has 2 aromatic heterocycles. The van der Waals surface area contributed by atoms with E-state index >= 15 is 0 Å². The zero-order valence-corrected chi connectivity index (χ0v) is 23.6. The van der Waals surface area contributed by atoms with Gasteiger partial charge in [0.1, 0.15) is 12.2 Å². The van der Waals surface area contributed by atoms with Gasteiger partial charge < -0.3 is 15.1 Å². The Labute approximate surface area is 239 Å². The van der Waals surface area contributed by atoms with Crippen LogP contribution in [0.15, 0.2) is 84.8 Å². The molecule has 1 amide bonds. The molecular weight excluding hydrogens is 524 g/mol. The fraction of sp³-hybridized carbons (Fsp3) is 0.226. The Morgan fingerprint density at radius 3 is 2.70 bits per heavy atom. The van der Waals surface area contributed by atoms with E-state index in [-0.39, 0.29) is 11.9 Å². The van der Waals surface area contributed by atoms with Crippen molar-refractivity contribution in [2.75, 3.05) is 0 Å². The van der Waals surface area contributed by atoms with E-state index in [0.717, 1.165) is 46.3 Å². The van der Waals surface area contributed by atoms with Crippen LogP contribution in [0.3, 0.4) is 0 Å². The summed E-state index contributed by atoms with van der Waals surface area (Å²) >= 11 is 6.44. The molecule has 4 aromatic rings. The van der Waals surface area contributed by atoms with Crippen molar-refractivity contribution in [1.82, 2.24) is 24.6 Å². The summed E-state index contributed by atoms with van der Waals surface area (Å²) in [4.78, 5) is 17.1. The molecule has 206 valence electrons. The molecule has 2 N–H and O–H groups in total. The van der Waals surface area contributed by atoms with Crippen LogP contribution in [0.1, 0.15) is 46.3 Å². The van der Waals surface area contributed by atoms with Gasteiger partial charge in [-0.2, -0.15) is 5.10 Å². The van der Waals surface area contributed by atoms with Crippen LogP contribution in [0.4, 0.5) is 0 Å². The lowest BCUT2D eigenvalue weighted by Crippen LogP contribution is -2.41. The summed E-state index contributed by atoms with van der Waals surface area (Å²) in [5.41, 5.74) is 5.42. The molecule has 1 aliphatic rings.